The minimum atomic E-state index is 0.405. The molecule has 0 amide bonds. The molecule has 0 radical (unpaired) electrons. The molecule has 0 atom stereocenters. The van der Waals surface area contributed by atoms with Crippen LogP contribution in [-0.2, 0) is 18.0 Å². The Labute approximate surface area is 124 Å². The lowest BCUT2D eigenvalue weighted by molar-refractivity contribution is 0.107. The number of rotatable bonds is 6. The normalized spacial score (nSPS) is 10.2. The smallest absolute Gasteiger partial charge is 0.118 e. The van der Waals surface area contributed by atoms with Crippen molar-refractivity contribution in [3.05, 3.63) is 65.2 Å². The Balaban J connectivity index is 1.88. The molecule has 0 aliphatic heterocycles. The van der Waals surface area contributed by atoms with Crippen molar-refractivity contribution in [2.24, 2.45) is 5.73 Å². The van der Waals surface area contributed by atoms with Gasteiger partial charge in [0.05, 0.1) is 20.3 Å². The molecule has 4 heteroatoms. The molecule has 0 unspecified atom stereocenters. The Morgan fingerprint density at radius 1 is 1.05 bits per heavy atom. The second-order valence-electron chi connectivity index (χ2n) is 4.41. The summed E-state index contributed by atoms with van der Waals surface area (Å²) in [4.78, 5) is 0.405. The minimum Gasteiger partial charge on any atom is -0.497 e. The van der Waals surface area contributed by atoms with Gasteiger partial charge in [0.15, 0.2) is 0 Å². The molecular weight excluding hydrogens is 270 g/mol. The molecule has 0 heterocycles. The molecule has 2 rings (SSSR count). The average Bonchev–Trinajstić information content (AvgIpc) is 2.48. The van der Waals surface area contributed by atoms with Crippen LogP contribution in [0.5, 0.6) is 5.75 Å². The molecule has 0 spiro atoms. The van der Waals surface area contributed by atoms with Crippen LogP contribution in [0.25, 0.3) is 0 Å². The fourth-order valence-electron chi connectivity index (χ4n) is 1.82. The van der Waals surface area contributed by atoms with Crippen LogP contribution >= 0.6 is 12.2 Å². The molecule has 0 aliphatic carbocycles. The first-order valence-corrected chi connectivity index (χ1v) is 6.69. The number of hydrogen-bond donors (Lipinski definition) is 1. The zero-order valence-corrected chi connectivity index (χ0v) is 12.2. The van der Waals surface area contributed by atoms with E-state index < -0.39 is 0 Å². The molecule has 2 aromatic rings. The second-order valence-corrected chi connectivity index (χ2v) is 4.85. The summed E-state index contributed by atoms with van der Waals surface area (Å²) in [6.07, 6.45) is 0. The molecule has 0 aromatic heterocycles. The zero-order chi connectivity index (χ0) is 14.4. The van der Waals surface area contributed by atoms with E-state index in [1.165, 1.54) is 0 Å². The summed E-state index contributed by atoms with van der Waals surface area (Å²) < 4.78 is 10.8. The van der Waals surface area contributed by atoms with Gasteiger partial charge >= 0.3 is 0 Å². The molecule has 0 saturated carbocycles. The first-order valence-electron chi connectivity index (χ1n) is 6.28. The number of nitrogens with two attached hydrogens (primary N) is 1. The maximum absolute atomic E-state index is 5.69. The minimum absolute atomic E-state index is 0.405. The van der Waals surface area contributed by atoms with Crippen LogP contribution in [0, 0.1) is 0 Å². The van der Waals surface area contributed by atoms with Crippen LogP contribution in [0.1, 0.15) is 16.7 Å². The summed E-state index contributed by atoms with van der Waals surface area (Å²) in [5.41, 5.74) is 8.64. The van der Waals surface area contributed by atoms with Crippen LogP contribution in [0.3, 0.4) is 0 Å². The Bertz CT molecular complexity index is 581. The Morgan fingerprint density at radius 3 is 2.40 bits per heavy atom. The standard InChI is InChI=1S/C16H17NO2S/c1-18-15-7-5-12(6-8-15)10-19-11-13-3-2-4-14(9-13)16(17)20/h2-9H,10-11H2,1H3,(H2,17,20). The molecule has 3 nitrogen and oxygen atoms in total. The summed E-state index contributed by atoms with van der Waals surface area (Å²) in [6.45, 7) is 1.09. The summed E-state index contributed by atoms with van der Waals surface area (Å²) in [6, 6.07) is 15.6. The van der Waals surface area contributed by atoms with Crippen molar-refractivity contribution in [2.45, 2.75) is 13.2 Å². The van der Waals surface area contributed by atoms with E-state index in [1.807, 2.05) is 48.5 Å². The predicted octanol–water partition coefficient (Wildman–Crippen LogP) is 3.05. The molecule has 20 heavy (non-hydrogen) atoms. The van der Waals surface area contributed by atoms with Crippen LogP contribution in [-0.4, -0.2) is 12.1 Å². The highest BCUT2D eigenvalue weighted by molar-refractivity contribution is 7.80. The first-order chi connectivity index (χ1) is 9.69. The van der Waals surface area contributed by atoms with Crippen LogP contribution in [0.15, 0.2) is 48.5 Å². The molecule has 0 fully saturated rings. The molecule has 104 valence electrons. The molecular formula is C16H17NO2S. The molecule has 0 bridgehead atoms. The van der Waals surface area contributed by atoms with Gasteiger partial charge in [0.2, 0.25) is 0 Å². The van der Waals surface area contributed by atoms with E-state index in [0.717, 1.165) is 22.4 Å². The monoisotopic (exact) mass is 287 g/mol. The number of benzene rings is 2. The van der Waals surface area contributed by atoms with Crippen molar-refractivity contribution in [1.29, 1.82) is 0 Å². The maximum Gasteiger partial charge on any atom is 0.118 e. The lowest BCUT2D eigenvalue weighted by Crippen LogP contribution is -2.09. The van der Waals surface area contributed by atoms with E-state index >= 15 is 0 Å². The summed E-state index contributed by atoms with van der Waals surface area (Å²) >= 11 is 4.96. The van der Waals surface area contributed by atoms with Gasteiger partial charge in [0.1, 0.15) is 10.7 Å². The van der Waals surface area contributed by atoms with Crippen molar-refractivity contribution in [3.63, 3.8) is 0 Å². The number of ether oxygens (including phenoxy) is 2. The van der Waals surface area contributed by atoms with Crippen molar-refractivity contribution in [2.75, 3.05) is 7.11 Å². The molecule has 0 aliphatic rings. The van der Waals surface area contributed by atoms with Gasteiger partial charge in [0.25, 0.3) is 0 Å². The summed E-state index contributed by atoms with van der Waals surface area (Å²) in [5.74, 6) is 0.845. The second kappa shape index (κ2) is 7.03. The first kappa shape index (κ1) is 14.5. The van der Waals surface area contributed by atoms with Crippen LogP contribution in [0.2, 0.25) is 0 Å². The fourth-order valence-corrected chi connectivity index (χ4v) is 1.95. The van der Waals surface area contributed by atoms with Gasteiger partial charge in [0, 0.05) is 5.56 Å². The highest BCUT2D eigenvalue weighted by Crippen LogP contribution is 2.13. The van der Waals surface area contributed by atoms with Gasteiger partial charge < -0.3 is 15.2 Å². The quantitative estimate of drug-likeness (QED) is 0.829. The van der Waals surface area contributed by atoms with Crippen LogP contribution < -0.4 is 10.5 Å². The van der Waals surface area contributed by atoms with E-state index in [0.29, 0.717) is 18.2 Å². The third-order valence-electron chi connectivity index (χ3n) is 2.91. The van der Waals surface area contributed by atoms with Crippen molar-refractivity contribution >= 4 is 17.2 Å². The number of thiocarbonyl (C=S) groups is 1. The van der Waals surface area contributed by atoms with E-state index in [1.54, 1.807) is 7.11 Å². The average molecular weight is 287 g/mol. The Kier molecular flexibility index (Phi) is 5.09. The zero-order valence-electron chi connectivity index (χ0n) is 11.3. The highest BCUT2D eigenvalue weighted by atomic mass is 32.1. The fraction of sp³-hybridized carbons (Fsp3) is 0.188. The summed E-state index contributed by atoms with van der Waals surface area (Å²) in [5, 5.41) is 0. The molecule has 2 aromatic carbocycles. The number of hydrogen-bond acceptors (Lipinski definition) is 3. The van der Waals surface area contributed by atoms with E-state index in [2.05, 4.69) is 0 Å². The van der Waals surface area contributed by atoms with E-state index in [9.17, 15) is 0 Å². The maximum atomic E-state index is 5.69. The van der Waals surface area contributed by atoms with Crippen molar-refractivity contribution in [1.82, 2.24) is 0 Å². The van der Waals surface area contributed by atoms with Gasteiger partial charge in [-0.1, -0.05) is 42.5 Å². The number of methoxy groups -OCH3 is 1. The van der Waals surface area contributed by atoms with Crippen molar-refractivity contribution in [3.8, 4) is 5.75 Å². The van der Waals surface area contributed by atoms with Gasteiger partial charge in [-0.05, 0) is 29.3 Å². The van der Waals surface area contributed by atoms with Crippen LogP contribution in [0.4, 0.5) is 0 Å². The topological polar surface area (TPSA) is 44.5 Å². The van der Waals surface area contributed by atoms with E-state index in [-0.39, 0.29) is 0 Å². The van der Waals surface area contributed by atoms with Gasteiger partial charge in [-0.2, -0.15) is 0 Å². The summed E-state index contributed by atoms with van der Waals surface area (Å²) in [7, 11) is 1.65. The lowest BCUT2D eigenvalue weighted by atomic mass is 10.1. The largest absolute Gasteiger partial charge is 0.497 e. The third-order valence-corrected chi connectivity index (χ3v) is 3.14. The predicted molar refractivity (Wildman–Crippen MR) is 83.8 cm³/mol. The Hall–Kier alpha value is -1.91. The van der Waals surface area contributed by atoms with E-state index in [4.69, 9.17) is 27.4 Å². The highest BCUT2D eigenvalue weighted by Gasteiger charge is 2.00. The SMILES string of the molecule is COc1ccc(COCc2cccc(C(N)=S)c2)cc1. The van der Waals surface area contributed by atoms with Gasteiger partial charge in [-0.25, -0.2) is 0 Å². The van der Waals surface area contributed by atoms with Crippen molar-refractivity contribution < 1.29 is 9.47 Å². The molecule has 0 saturated heterocycles. The Morgan fingerprint density at radius 2 is 1.75 bits per heavy atom. The lowest BCUT2D eigenvalue weighted by Gasteiger charge is -2.07. The molecule has 2 N–H and O–H groups in total. The van der Waals surface area contributed by atoms with Gasteiger partial charge in [-0.15, -0.1) is 0 Å². The third kappa shape index (κ3) is 4.05. The van der Waals surface area contributed by atoms with Gasteiger partial charge in [-0.3, -0.25) is 0 Å².